The second-order valence-electron chi connectivity index (χ2n) is 8.40. The Morgan fingerprint density at radius 1 is 1.25 bits per heavy atom. The van der Waals surface area contributed by atoms with Gasteiger partial charge >= 0.3 is 0 Å². The quantitative estimate of drug-likeness (QED) is 0.468. The smallest absolute Gasteiger partial charge is 0.242 e. The van der Waals surface area contributed by atoms with Crippen LogP contribution in [0.1, 0.15) is 30.9 Å². The zero-order chi connectivity index (χ0) is 26.5. The molecule has 0 spiro atoms. The van der Waals surface area contributed by atoms with Crippen LogP contribution in [-0.2, 0) is 39.0 Å². The van der Waals surface area contributed by atoms with E-state index in [-0.39, 0.29) is 18.8 Å². The van der Waals surface area contributed by atoms with Gasteiger partial charge in [-0.05, 0) is 6.42 Å². The van der Waals surface area contributed by atoms with Gasteiger partial charge < -0.3 is 10.6 Å². The van der Waals surface area contributed by atoms with Gasteiger partial charge in [-0.2, -0.15) is 21.2 Å². The number of nitrogens with one attached hydrogen (secondary N) is 2. The number of sulfonamides is 1. The Morgan fingerprint density at radius 3 is 2.56 bits per heavy atom. The summed E-state index contributed by atoms with van der Waals surface area (Å²) in [6, 6.07) is -1.26. The van der Waals surface area contributed by atoms with Gasteiger partial charge in [-0.1, -0.05) is 13.3 Å². The Hall–Kier alpha value is -2.58. The Labute approximate surface area is 211 Å². The first-order valence-electron chi connectivity index (χ1n) is 11.3. The molecule has 0 aliphatic carbocycles. The number of aromatic nitrogens is 2. The van der Waals surface area contributed by atoms with E-state index in [1.54, 1.807) is 24.1 Å². The summed E-state index contributed by atoms with van der Waals surface area (Å²) in [6.07, 6.45) is 4.24. The van der Waals surface area contributed by atoms with E-state index in [2.05, 4.69) is 15.7 Å². The molecule has 3 rings (SSSR count). The molecule has 0 radical (unpaired) electrons. The molecule has 198 valence electrons. The lowest BCUT2D eigenvalue weighted by atomic mass is 10.1. The van der Waals surface area contributed by atoms with E-state index in [9.17, 15) is 31.2 Å². The summed E-state index contributed by atoms with van der Waals surface area (Å²) >= 11 is 1.35. The molecular formula is C22H28F3N5O4S2. The molecule has 1 aromatic heterocycles. The Balaban J connectivity index is 1.72. The maximum absolute atomic E-state index is 14.1. The molecule has 2 heterocycles. The molecule has 1 aliphatic heterocycles. The summed E-state index contributed by atoms with van der Waals surface area (Å²) in [7, 11) is -2.61. The van der Waals surface area contributed by atoms with Crippen LogP contribution in [0.25, 0.3) is 0 Å². The monoisotopic (exact) mass is 547 g/mol. The zero-order valence-electron chi connectivity index (χ0n) is 19.8. The largest absolute Gasteiger partial charge is 0.350 e. The molecule has 2 aromatic rings. The second kappa shape index (κ2) is 12.1. The topological polar surface area (TPSA) is 113 Å². The molecule has 1 saturated heterocycles. The number of hydrogen-bond acceptors (Lipinski definition) is 6. The van der Waals surface area contributed by atoms with Crippen molar-refractivity contribution in [3.05, 3.63) is 53.1 Å². The van der Waals surface area contributed by atoms with Crippen LogP contribution in [0, 0.1) is 17.5 Å². The summed E-state index contributed by atoms with van der Waals surface area (Å²) in [4.78, 5) is 25.9. The van der Waals surface area contributed by atoms with Crippen molar-refractivity contribution >= 4 is 33.6 Å². The normalized spacial score (nSPS) is 17.5. The Bertz CT molecular complexity index is 1190. The zero-order valence-corrected chi connectivity index (χ0v) is 21.5. The Morgan fingerprint density at radius 2 is 1.94 bits per heavy atom. The van der Waals surface area contributed by atoms with Crippen LogP contribution in [0.3, 0.4) is 0 Å². The van der Waals surface area contributed by atoms with E-state index >= 15 is 0 Å². The summed E-state index contributed by atoms with van der Waals surface area (Å²) in [5.41, 5.74) is -0.0268. The molecule has 2 atom stereocenters. The fourth-order valence-corrected chi connectivity index (χ4v) is 6.79. The molecule has 1 fully saturated rings. The number of nitrogens with zero attached hydrogens (tertiary/aromatic N) is 3. The number of aryl methyl sites for hydroxylation is 1. The van der Waals surface area contributed by atoms with Crippen LogP contribution >= 0.6 is 11.8 Å². The number of amides is 2. The number of hydrogen-bond donors (Lipinski definition) is 2. The van der Waals surface area contributed by atoms with E-state index < -0.39 is 62.7 Å². The van der Waals surface area contributed by atoms with Crippen molar-refractivity contribution in [2.75, 3.05) is 18.1 Å². The third-order valence-corrected chi connectivity index (χ3v) is 8.44. The minimum Gasteiger partial charge on any atom is -0.350 e. The average molecular weight is 548 g/mol. The van der Waals surface area contributed by atoms with E-state index in [0.29, 0.717) is 30.7 Å². The number of carbonyl (C=O) groups is 2. The van der Waals surface area contributed by atoms with Crippen molar-refractivity contribution in [2.45, 2.75) is 44.1 Å². The maximum atomic E-state index is 14.1. The molecule has 0 bridgehead atoms. The lowest BCUT2D eigenvalue weighted by molar-refractivity contribution is -0.130. The molecular weight excluding hydrogens is 519 g/mol. The first-order chi connectivity index (χ1) is 17.0. The van der Waals surface area contributed by atoms with E-state index in [1.165, 1.54) is 11.8 Å². The van der Waals surface area contributed by atoms with Crippen LogP contribution in [0.4, 0.5) is 13.2 Å². The number of thioether (sulfide) groups is 1. The van der Waals surface area contributed by atoms with Gasteiger partial charge in [-0.15, -0.1) is 0 Å². The van der Waals surface area contributed by atoms with Gasteiger partial charge in [-0.3, -0.25) is 14.3 Å². The summed E-state index contributed by atoms with van der Waals surface area (Å²) < 4.78 is 70.1. The third kappa shape index (κ3) is 7.01. The highest BCUT2D eigenvalue weighted by molar-refractivity contribution is 7.99. The molecule has 14 heteroatoms. The molecule has 0 saturated carbocycles. The first-order valence-corrected chi connectivity index (χ1v) is 14.0. The average Bonchev–Trinajstić information content (AvgIpc) is 3.24. The number of carbonyl (C=O) groups excluding carboxylic acids is 2. The number of benzene rings is 1. The van der Waals surface area contributed by atoms with Crippen molar-refractivity contribution in [1.29, 1.82) is 0 Å². The van der Waals surface area contributed by atoms with E-state index in [0.717, 1.165) is 9.87 Å². The van der Waals surface area contributed by atoms with Crippen molar-refractivity contribution < 1.29 is 31.2 Å². The van der Waals surface area contributed by atoms with Crippen LogP contribution in [-0.4, -0.2) is 64.5 Å². The summed E-state index contributed by atoms with van der Waals surface area (Å²) in [5, 5.41) is 9.40. The van der Waals surface area contributed by atoms with E-state index in [4.69, 9.17) is 0 Å². The van der Waals surface area contributed by atoms with Gasteiger partial charge in [0.05, 0.1) is 11.9 Å². The molecule has 2 unspecified atom stereocenters. The molecule has 1 aliphatic rings. The summed E-state index contributed by atoms with van der Waals surface area (Å²) in [6.45, 7) is 1.99. The third-order valence-electron chi connectivity index (χ3n) is 5.61. The molecule has 2 amide bonds. The van der Waals surface area contributed by atoms with Crippen LogP contribution in [0.5, 0.6) is 0 Å². The van der Waals surface area contributed by atoms with Gasteiger partial charge in [-0.25, -0.2) is 21.6 Å². The minimum atomic E-state index is -4.35. The van der Waals surface area contributed by atoms with Crippen molar-refractivity contribution in [3.8, 4) is 0 Å². The second-order valence-corrected chi connectivity index (χ2v) is 11.5. The van der Waals surface area contributed by atoms with Gasteiger partial charge in [0.15, 0.2) is 0 Å². The van der Waals surface area contributed by atoms with Gasteiger partial charge in [0.2, 0.25) is 21.8 Å². The van der Waals surface area contributed by atoms with Gasteiger partial charge in [0, 0.05) is 61.1 Å². The lowest BCUT2D eigenvalue weighted by Crippen LogP contribution is -2.57. The fourth-order valence-electron chi connectivity index (χ4n) is 3.80. The molecule has 1 aromatic carbocycles. The highest BCUT2D eigenvalue weighted by Crippen LogP contribution is 2.25. The van der Waals surface area contributed by atoms with Crippen LogP contribution < -0.4 is 10.6 Å². The molecule has 9 nitrogen and oxygen atoms in total. The van der Waals surface area contributed by atoms with Gasteiger partial charge in [0.1, 0.15) is 29.5 Å². The van der Waals surface area contributed by atoms with Crippen molar-refractivity contribution in [2.24, 2.45) is 7.05 Å². The van der Waals surface area contributed by atoms with Crippen molar-refractivity contribution in [3.63, 3.8) is 0 Å². The first kappa shape index (κ1) is 28.0. The standard InChI is InChI=1S/C22H28F3N5O4S2/c1-3-4-19(21(31)26-9-14-10-27-29(2)11-14)28-22(32)20-12-35-6-5-30(20)36(33,34)13-16-17(24)7-15(23)8-18(16)25/h7-8,10-11,19-20H,3-6,9,12-13H2,1-2H3,(H,26,31)(H,28,32). The number of halogens is 3. The van der Waals surface area contributed by atoms with Gasteiger partial charge in [0.25, 0.3) is 0 Å². The predicted octanol–water partition coefficient (Wildman–Crippen LogP) is 1.69. The molecule has 36 heavy (non-hydrogen) atoms. The van der Waals surface area contributed by atoms with Crippen LogP contribution in [0.2, 0.25) is 0 Å². The molecule has 2 N–H and O–H groups in total. The minimum absolute atomic E-state index is 0.0544. The Kier molecular flexibility index (Phi) is 9.41. The van der Waals surface area contributed by atoms with Crippen molar-refractivity contribution in [1.82, 2.24) is 24.7 Å². The number of rotatable bonds is 10. The SMILES string of the molecule is CCCC(NC(=O)C1CSCCN1S(=O)(=O)Cc1c(F)cc(F)cc1F)C(=O)NCc1cnn(C)c1. The predicted molar refractivity (Wildman–Crippen MR) is 129 cm³/mol. The maximum Gasteiger partial charge on any atom is 0.242 e. The van der Waals surface area contributed by atoms with Crippen LogP contribution in [0.15, 0.2) is 24.5 Å². The fraction of sp³-hybridized carbons (Fsp3) is 0.500. The lowest BCUT2D eigenvalue weighted by Gasteiger charge is -2.34. The highest BCUT2D eigenvalue weighted by Gasteiger charge is 2.39. The van der Waals surface area contributed by atoms with E-state index in [1.807, 2.05) is 6.92 Å². The highest BCUT2D eigenvalue weighted by atomic mass is 32.2. The summed E-state index contributed by atoms with van der Waals surface area (Å²) in [5.74, 6) is -5.50.